The molecule has 0 saturated carbocycles. The summed E-state index contributed by atoms with van der Waals surface area (Å²) in [7, 11) is -1.98. The maximum Gasteiger partial charge on any atom is 0.305 e. The molecule has 1 atom stereocenters. The van der Waals surface area contributed by atoms with E-state index in [0.29, 0.717) is 19.6 Å². The van der Waals surface area contributed by atoms with E-state index in [2.05, 4.69) is 33.9 Å². The standard InChI is InChI=1S/C18H30O4Si/c1-18(2,3)23(4,5)22-16(13-17(19)20)11-12-21-14-15-9-7-6-8-10-15/h6-10,16H,11-14H2,1-5H3,(H,19,20). The normalized spacial score (nSPS) is 13.8. The highest BCUT2D eigenvalue weighted by atomic mass is 28.4. The summed E-state index contributed by atoms with van der Waals surface area (Å²) < 4.78 is 11.9. The van der Waals surface area contributed by atoms with Crippen molar-refractivity contribution >= 4 is 14.3 Å². The molecule has 0 aliphatic heterocycles. The fourth-order valence-electron chi connectivity index (χ4n) is 1.97. The number of hydrogen-bond acceptors (Lipinski definition) is 3. The molecule has 0 amide bonds. The first-order chi connectivity index (χ1) is 10.6. The molecule has 0 bridgehead atoms. The first-order valence-corrected chi connectivity index (χ1v) is 11.0. The van der Waals surface area contributed by atoms with Crippen LogP contribution in [0, 0.1) is 0 Å². The minimum atomic E-state index is -1.98. The molecule has 1 unspecified atom stereocenters. The van der Waals surface area contributed by atoms with Crippen LogP contribution in [0.1, 0.15) is 39.2 Å². The van der Waals surface area contributed by atoms with Crippen LogP contribution in [-0.2, 0) is 20.6 Å². The van der Waals surface area contributed by atoms with Gasteiger partial charge in [-0.2, -0.15) is 0 Å². The largest absolute Gasteiger partial charge is 0.481 e. The van der Waals surface area contributed by atoms with E-state index in [1.807, 2.05) is 30.3 Å². The summed E-state index contributed by atoms with van der Waals surface area (Å²) >= 11 is 0. The zero-order chi connectivity index (χ0) is 17.5. The van der Waals surface area contributed by atoms with Gasteiger partial charge in [0.25, 0.3) is 0 Å². The van der Waals surface area contributed by atoms with Crippen molar-refractivity contribution in [3.63, 3.8) is 0 Å². The first kappa shape index (κ1) is 19.9. The van der Waals surface area contributed by atoms with Crippen LogP contribution in [0.4, 0.5) is 0 Å². The van der Waals surface area contributed by atoms with Crippen molar-refractivity contribution in [2.24, 2.45) is 0 Å². The molecule has 130 valence electrons. The second-order valence-electron chi connectivity index (χ2n) is 7.42. The Bertz CT molecular complexity index is 480. The van der Waals surface area contributed by atoms with E-state index in [1.165, 1.54) is 0 Å². The predicted octanol–water partition coefficient (Wildman–Crippen LogP) is 4.46. The van der Waals surface area contributed by atoms with Crippen molar-refractivity contribution in [3.05, 3.63) is 35.9 Å². The minimum Gasteiger partial charge on any atom is -0.481 e. The molecular weight excluding hydrogens is 308 g/mol. The quantitative estimate of drug-likeness (QED) is 0.533. The van der Waals surface area contributed by atoms with Gasteiger partial charge in [-0.25, -0.2) is 0 Å². The molecule has 5 heteroatoms. The van der Waals surface area contributed by atoms with Crippen LogP contribution in [0.5, 0.6) is 0 Å². The summed E-state index contributed by atoms with van der Waals surface area (Å²) in [6.45, 7) is 11.8. The molecule has 1 aromatic carbocycles. The zero-order valence-corrected chi connectivity index (χ0v) is 16.0. The zero-order valence-electron chi connectivity index (χ0n) is 15.0. The lowest BCUT2D eigenvalue weighted by molar-refractivity contribution is -0.139. The first-order valence-electron chi connectivity index (χ1n) is 8.13. The number of ether oxygens (including phenoxy) is 1. The van der Waals surface area contributed by atoms with E-state index in [0.717, 1.165) is 5.56 Å². The second-order valence-corrected chi connectivity index (χ2v) is 12.2. The van der Waals surface area contributed by atoms with Gasteiger partial charge in [0.15, 0.2) is 8.32 Å². The second kappa shape index (κ2) is 8.62. The van der Waals surface area contributed by atoms with E-state index in [9.17, 15) is 4.79 Å². The average molecular weight is 339 g/mol. The average Bonchev–Trinajstić information content (AvgIpc) is 2.42. The van der Waals surface area contributed by atoms with Gasteiger partial charge in [0, 0.05) is 6.61 Å². The van der Waals surface area contributed by atoms with Gasteiger partial charge in [0.1, 0.15) is 0 Å². The topological polar surface area (TPSA) is 55.8 Å². The van der Waals surface area contributed by atoms with E-state index in [-0.39, 0.29) is 17.6 Å². The molecule has 0 aromatic heterocycles. The SMILES string of the molecule is CC(C)(C)[Si](C)(C)OC(CCOCc1ccccc1)CC(=O)O. The number of rotatable bonds is 9. The monoisotopic (exact) mass is 338 g/mol. The Labute approximate surface area is 140 Å². The molecule has 0 saturated heterocycles. The van der Waals surface area contributed by atoms with Crippen LogP contribution < -0.4 is 0 Å². The lowest BCUT2D eigenvalue weighted by Gasteiger charge is -2.39. The molecule has 0 radical (unpaired) electrons. The Balaban J connectivity index is 2.50. The lowest BCUT2D eigenvalue weighted by atomic mass is 10.2. The van der Waals surface area contributed by atoms with Gasteiger partial charge < -0.3 is 14.3 Å². The van der Waals surface area contributed by atoms with E-state index in [1.54, 1.807) is 0 Å². The number of benzene rings is 1. The minimum absolute atomic E-state index is 0.0290. The summed E-state index contributed by atoms with van der Waals surface area (Å²) in [5.41, 5.74) is 1.12. The van der Waals surface area contributed by atoms with Gasteiger partial charge in [-0.15, -0.1) is 0 Å². The predicted molar refractivity (Wildman–Crippen MR) is 95.0 cm³/mol. The third-order valence-electron chi connectivity index (χ3n) is 4.37. The maximum absolute atomic E-state index is 11.1. The van der Waals surface area contributed by atoms with Crippen molar-refractivity contribution < 1.29 is 19.1 Å². The van der Waals surface area contributed by atoms with Gasteiger partial charge >= 0.3 is 5.97 Å². The Morgan fingerprint density at radius 1 is 1.22 bits per heavy atom. The van der Waals surface area contributed by atoms with Gasteiger partial charge in [-0.3, -0.25) is 4.79 Å². The van der Waals surface area contributed by atoms with Crippen molar-refractivity contribution in [1.82, 2.24) is 0 Å². The Kier molecular flexibility index (Phi) is 7.44. The van der Waals surface area contributed by atoms with Gasteiger partial charge in [-0.05, 0) is 30.1 Å². The van der Waals surface area contributed by atoms with E-state index >= 15 is 0 Å². The van der Waals surface area contributed by atoms with Gasteiger partial charge in [0.2, 0.25) is 0 Å². The molecule has 1 N–H and O–H groups in total. The third-order valence-corrected chi connectivity index (χ3v) is 8.90. The maximum atomic E-state index is 11.1. The number of hydrogen-bond donors (Lipinski definition) is 1. The van der Waals surface area contributed by atoms with Gasteiger partial charge in [-0.1, -0.05) is 51.1 Å². The molecule has 1 aromatic rings. The highest BCUT2D eigenvalue weighted by Gasteiger charge is 2.39. The van der Waals surface area contributed by atoms with Crippen molar-refractivity contribution in [3.8, 4) is 0 Å². The van der Waals surface area contributed by atoms with Crippen LogP contribution >= 0.6 is 0 Å². The molecule has 0 aliphatic rings. The van der Waals surface area contributed by atoms with Crippen LogP contribution in [0.25, 0.3) is 0 Å². The Morgan fingerprint density at radius 2 is 1.83 bits per heavy atom. The highest BCUT2D eigenvalue weighted by molar-refractivity contribution is 6.74. The Morgan fingerprint density at radius 3 is 2.35 bits per heavy atom. The molecule has 0 heterocycles. The van der Waals surface area contributed by atoms with Crippen LogP contribution in [-0.4, -0.2) is 32.1 Å². The smallest absolute Gasteiger partial charge is 0.305 e. The highest BCUT2D eigenvalue weighted by Crippen LogP contribution is 2.38. The van der Waals surface area contributed by atoms with Crippen molar-refractivity contribution in [2.75, 3.05) is 6.61 Å². The molecule has 0 spiro atoms. The molecule has 0 aliphatic carbocycles. The lowest BCUT2D eigenvalue weighted by Crippen LogP contribution is -2.44. The molecular formula is C18H30O4Si. The molecule has 0 fully saturated rings. The Hall–Kier alpha value is -1.17. The van der Waals surface area contributed by atoms with Crippen molar-refractivity contribution in [2.45, 2.75) is 64.5 Å². The summed E-state index contributed by atoms with van der Waals surface area (Å²) in [5, 5.41) is 9.18. The van der Waals surface area contributed by atoms with Gasteiger partial charge in [0.05, 0.1) is 19.1 Å². The molecule has 23 heavy (non-hydrogen) atoms. The number of carboxylic acid groups (broad SMARTS) is 1. The number of carboxylic acids is 1. The van der Waals surface area contributed by atoms with Crippen LogP contribution in [0.15, 0.2) is 30.3 Å². The van der Waals surface area contributed by atoms with Crippen LogP contribution in [0.3, 0.4) is 0 Å². The van der Waals surface area contributed by atoms with Crippen molar-refractivity contribution in [1.29, 1.82) is 0 Å². The van der Waals surface area contributed by atoms with Crippen LogP contribution in [0.2, 0.25) is 18.1 Å². The molecule has 1 rings (SSSR count). The summed E-state index contributed by atoms with van der Waals surface area (Å²) in [4.78, 5) is 11.1. The number of aliphatic carboxylic acids is 1. The fraction of sp³-hybridized carbons (Fsp3) is 0.611. The molecule has 4 nitrogen and oxygen atoms in total. The third kappa shape index (κ3) is 7.29. The van der Waals surface area contributed by atoms with E-state index in [4.69, 9.17) is 14.3 Å². The summed E-state index contributed by atoms with van der Waals surface area (Å²) in [6, 6.07) is 9.96. The summed E-state index contributed by atoms with van der Waals surface area (Å²) in [6.07, 6.45) is 0.344. The fourth-order valence-corrected chi connectivity index (χ4v) is 3.36. The number of carbonyl (C=O) groups is 1. The van der Waals surface area contributed by atoms with E-state index < -0.39 is 14.3 Å². The summed E-state index contributed by atoms with van der Waals surface area (Å²) in [5.74, 6) is -0.822.